The molecule has 3 aromatic rings. The fourth-order valence-electron chi connectivity index (χ4n) is 3.05. The second kappa shape index (κ2) is 11.8. The molecule has 11 heteroatoms. The van der Waals surface area contributed by atoms with Crippen LogP contribution in [0.5, 0.6) is 17.2 Å². The molecule has 3 rings (SSSR count). The quantitative estimate of drug-likeness (QED) is 0.284. The molecule has 1 aromatic heterocycles. The van der Waals surface area contributed by atoms with Crippen molar-refractivity contribution in [2.45, 2.75) is 24.7 Å². The molecule has 0 saturated carbocycles. The molecule has 0 aliphatic heterocycles. The van der Waals surface area contributed by atoms with Crippen LogP contribution in [-0.4, -0.2) is 40.6 Å². The van der Waals surface area contributed by atoms with E-state index in [-0.39, 0.29) is 17.5 Å². The minimum Gasteiger partial charge on any atom is -0.495 e. The van der Waals surface area contributed by atoms with E-state index in [1.54, 1.807) is 30.3 Å². The highest BCUT2D eigenvalue weighted by atomic mass is 35.5. The first kappa shape index (κ1) is 25.4. The molecular formula is C23H24ClFN4O4S. The van der Waals surface area contributed by atoms with Gasteiger partial charge in [0, 0.05) is 18.7 Å². The Hall–Kier alpha value is -3.24. The van der Waals surface area contributed by atoms with Crippen molar-refractivity contribution in [2.24, 2.45) is 0 Å². The van der Waals surface area contributed by atoms with Gasteiger partial charge in [-0.15, -0.1) is 16.8 Å². The average Bonchev–Trinajstić information content (AvgIpc) is 3.23. The molecule has 0 bridgehead atoms. The van der Waals surface area contributed by atoms with Crippen LogP contribution in [-0.2, 0) is 11.3 Å². The molecule has 1 heterocycles. The molecule has 0 aliphatic rings. The molecule has 1 N–H and O–H groups in total. The SMILES string of the molecule is C=CCn1c(SCC(=O)Nc2cc(OC)c(Cl)cc2OC)nnc1C(C)Oc1ccc(F)cc1. The van der Waals surface area contributed by atoms with Crippen molar-refractivity contribution in [3.8, 4) is 17.2 Å². The fourth-order valence-corrected chi connectivity index (χ4v) is 4.04. The molecule has 1 unspecified atom stereocenters. The number of halogens is 2. The number of rotatable bonds is 11. The number of allylic oxidation sites excluding steroid dienone is 1. The van der Waals surface area contributed by atoms with Gasteiger partial charge in [-0.05, 0) is 31.2 Å². The van der Waals surface area contributed by atoms with Crippen LogP contribution in [0.2, 0.25) is 5.02 Å². The van der Waals surface area contributed by atoms with Crippen molar-refractivity contribution < 1.29 is 23.4 Å². The van der Waals surface area contributed by atoms with Gasteiger partial charge in [-0.2, -0.15) is 0 Å². The molecule has 0 aliphatic carbocycles. The van der Waals surface area contributed by atoms with Gasteiger partial charge in [0.2, 0.25) is 5.91 Å². The number of thioether (sulfide) groups is 1. The molecule has 8 nitrogen and oxygen atoms in total. The maximum atomic E-state index is 13.2. The standard InChI is InChI=1S/C23H24ClFN4O4S/c1-5-10-29-22(14(2)33-16-8-6-15(25)7-9-16)27-28-23(29)34-13-21(30)26-18-12-19(31-3)17(24)11-20(18)32-4/h5-9,11-12,14H,1,10,13H2,2-4H3,(H,26,30). The first-order valence-corrected chi connectivity index (χ1v) is 11.5. The molecule has 0 fully saturated rings. The third-order valence-electron chi connectivity index (χ3n) is 4.63. The van der Waals surface area contributed by atoms with E-state index in [1.165, 1.54) is 38.1 Å². The number of carbonyl (C=O) groups is 1. The van der Waals surface area contributed by atoms with E-state index in [4.69, 9.17) is 25.8 Å². The molecule has 1 atom stereocenters. The minimum atomic E-state index is -0.466. The first-order chi connectivity index (χ1) is 16.4. The monoisotopic (exact) mass is 506 g/mol. The van der Waals surface area contributed by atoms with Gasteiger partial charge < -0.3 is 19.5 Å². The molecule has 34 heavy (non-hydrogen) atoms. The number of nitrogens with one attached hydrogen (secondary N) is 1. The van der Waals surface area contributed by atoms with Crippen LogP contribution in [0.15, 0.2) is 54.2 Å². The number of amides is 1. The van der Waals surface area contributed by atoms with Crippen molar-refractivity contribution >= 4 is 35.0 Å². The molecule has 0 radical (unpaired) electrons. The summed E-state index contributed by atoms with van der Waals surface area (Å²) in [5.41, 5.74) is 0.434. The van der Waals surface area contributed by atoms with E-state index < -0.39 is 6.10 Å². The summed E-state index contributed by atoms with van der Waals surface area (Å²) in [6, 6.07) is 8.89. The van der Waals surface area contributed by atoms with E-state index in [0.717, 1.165) is 0 Å². The van der Waals surface area contributed by atoms with Crippen molar-refractivity contribution in [1.29, 1.82) is 0 Å². The maximum absolute atomic E-state index is 13.2. The zero-order chi connectivity index (χ0) is 24.7. The van der Waals surface area contributed by atoms with Gasteiger partial charge >= 0.3 is 0 Å². The summed E-state index contributed by atoms with van der Waals surface area (Å²) in [5, 5.41) is 12.1. The summed E-state index contributed by atoms with van der Waals surface area (Å²) in [7, 11) is 2.97. The third-order valence-corrected chi connectivity index (χ3v) is 5.89. The van der Waals surface area contributed by atoms with Crippen molar-refractivity contribution in [3.05, 3.63) is 65.7 Å². The number of benzene rings is 2. The number of ether oxygens (including phenoxy) is 3. The van der Waals surface area contributed by atoms with Gasteiger partial charge in [0.25, 0.3) is 0 Å². The van der Waals surface area contributed by atoms with Gasteiger partial charge in [-0.3, -0.25) is 9.36 Å². The molecule has 1 amide bonds. The Labute approximate surface area is 206 Å². The number of carbonyl (C=O) groups excluding carboxylic acids is 1. The maximum Gasteiger partial charge on any atom is 0.234 e. The highest BCUT2D eigenvalue weighted by Gasteiger charge is 2.20. The Morgan fingerprint density at radius 2 is 1.94 bits per heavy atom. The summed E-state index contributed by atoms with van der Waals surface area (Å²) in [6.45, 7) is 6.02. The van der Waals surface area contributed by atoms with E-state index in [1.807, 2.05) is 11.5 Å². The fraction of sp³-hybridized carbons (Fsp3) is 0.261. The van der Waals surface area contributed by atoms with Crippen LogP contribution < -0.4 is 19.5 Å². The van der Waals surface area contributed by atoms with E-state index in [2.05, 4.69) is 22.1 Å². The predicted molar refractivity (Wildman–Crippen MR) is 130 cm³/mol. The Balaban J connectivity index is 1.70. The Kier molecular flexibility index (Phi) is 8.78. The topological polar surface area (TPSA) is 87.5 Å². The number of nitrogens with zero attached hydrogens (tertiary/aromatic N) is 3. The van der Waals surface area contributed by atoms with E-state index >= 15 is 0 Å². The van der Waals surface area contributed by atoms with Crippen molar-refractivity contribution in [1.82, 2.24) is 14.8 Å². The van der Waals surface area contributed by atoms with E-state index in [9.17, 15) is 9.18 Å². The number of hydrogen-bond acceptors (Lipinski definition) is 7. The highest BCUT2D eigenvalue weighted by molar-refractivity contribution is 7.99. The Morgan fingerprint density at radius 3 is 2.59 bits per heavy atom. The number of hydrogen-bond donors (Lipinski definition) is 1. The van der Waals surface area contributed by atoms with E-state index in [0.29, 0.717) is 45.5 Å². The third kappa shape index (κ3) is 6.21. The lowest BCUT2D eigenvalue weighted by Crippen LogP contribution is -2.16. The summed E-state index contributed by atoms with van der Waals surface area (Å²) < 4.78 is 31.3. The lowest BCUT2D eigenvalue weighted by molar-refractivity contribution is -0.113. The average molecular weight is 507 g/mol. The molecular weight excluding hydrogens is 483 g/mol. The Bertz CT molecular complexity index is 1160. The van der Waals surface area contributed by atoms with Crippen LogP contribution in [0.4, 0.5) is 10.1 Å². The molecule has 0 saturated heterocycles. The minimum absolute atomic E-state index is 0.0660. The van der Waals surface area contributed by atoms with Gasteiger partial charge in [0.05, 0.1) is 30.7 Å². The van der Waals surface area contributed by atoms with Crippen LogP contribution >= 0.6 is 23.4 Å². The largest absolute Gasteiger partial charge is 0.495 e. The van der Waals surface area contributed by atoms with Crippen molar-refractivity contribution in [2.75, 3.05) is 25.3 Å². The molecule has 180 valence electrons. The molecule has 2 aromatic carbocycles. The number of methoxy groups -OCH3 is 2. The first-order valence-electron chi connectivity index (χ1n) is 10.2. The second-order valence-electron chi connectivity index (χ2n) is 6.98. The number of aromatic nitrogens is 3. The summed E-state index contributed by atoms with van der Waals surface area (Å²) in [6.07, 6.45) is 1.23. The summed E-state index contributed by atoms with van der Waals surface area (Å²) in [5.74, 6) is 1.32. The summed E-state index contributed by atoms with van der Waals surface area (Å²) >= 11 is 7.33. The Morgan fingerprint density at radius 1 is 1.24 bits per heavy atom. The highest BCUT2D eigenvalue weighted by Crippen LogP contribution is 2.36. The molecule has 0 spiro atoms. The smallest absolute Gasteiger partial charge is 0.234 e. The predicted octanol–water partition coefficient (Wildman–Crippen LogP) is 5.14. The van der Waals surface area contributed by atoms with Gasteiger partial charge in [0.15, 0.2) is 17.1 Å². The zero-order valence-corrected chi connectivity index (χ0v) is 20.5. The van der Waals surface area contributed by atoms with Crippen LogP contribution in [0, 0.1) is 5.82 Å². The van der Waals surface area contributed by atoms with Gasteiger partial charge in [-0.1, -0.05) is 29.4 Å². The van der Waals surface area contributed by atoms with Crippen LogP contribution in [0.1, 0.15) is 18.9 Å². The summed E-state index contributed by atoms with van der Waals surface area (Å²) in [4.78, 5) is 12.6. The lowest BCUT2D eigenvalue weighted by atomic mass is 10.2. The normalized spacial score (nSPS) is 11.6. The lowest BCUT2D eigenvalue weighted by Gasteiger charge is -2.16. The number of anilines is 1. The van der Waals surface area contributed by atoms with Crippen molar-refractivity contribution in [3.63, 3.8) is 0 Å². The zero-order valence-electron chi connectivity index (χ0n) is 18.9. The van der Waals surface area contributed by atoms with Crippen LogP contribution in [0.3, 0.4) is 0 Å². The van der Waals surface area contributed by atoms with Gasteiger partial charge in [0.1, 0.15) is 23.1 Å². The van der Waals surface area contributed by atoms with Gasteiger partial charge in [-0.25, -0.2) is 4.39 Å². The second-order valence-corrected chi connectivity index (χ2v) is 8.33. The van der Waals surface area contributed by atoms with Crippen LogP contribution in [0.25, 0.3) is 0 Å².